The van der Waals surface area contributed by atoms with Crippen LogP contribution in [0.3, 0.4) is 0 Å². The summed E-state index contributed by atoms with van der Waals surface area (Å²) in [5.41, 5.74) is 2.50. The van der Waals surface area contributed by atoms with E-state index in [-0.39, 0.29) is 17.4 Å². The van der Waals surface area contributed by atoms with E-state index in [0.29, 0.717) is 24.3 Å². The van der Waals surface area contributed by atoms with Crippen LogP contribution in [-0.4, -0.2) is 38.5 Å². The molecule has 134 valence electrons. The summed E-state index contributed by atoms with van der Waals surface area (Å²) in [5, 5.41) is 2.96. The normalized spacial score (nSPS) is 15.5. The maximum Gasteiger partial charge on any atom is 0.272 e. The number of amides is 1. The summed E-state index contributed by atoms with van der Waals surface area (Å²) in [6.45, 7) is 3.00. The quantitative estimate of drug-likeness (QED) is 0.769. The molecule has 1 aromatic carbocycles. The Kier molecular flexibility index (Phi) is 4.06. The first-order chi connectivity index (χ1) is 12.5. The minimum absolute atomic E-state index is 0.128. The van der Waals surface area contributed by atoms with Gasteiger partial charge < -0.3 is 4.90 Å². The van der Waals surface area contributed by atoms with Crippen LogP contribution >= 0.6 is 0 Å². The number of carbonyl (C=O) groups is 1. The fourth-order valence-electron chi connectivity index (χ4n) is 3.52. The third-order valence-electron chi connectivity index (χ3n) is 4.87. The Balaban J connectivity index is 1.50. The van der Waals surface area contributed by atoms with E-state index in [0.717, 1.165) is 24.2 Å². The fourth-order valence-corrected chi connectivity index (χ4v) is 3.52. The predicted octanol–water partition coefficient (Wildman–Crippen LogP) is 2.49. The van der Waals surface area contributed by atoms with Crippen LogP contribution < -0.4 is 5.56 Å². The first kappa shape index (κ1) is 16.5. The molecular formula is C19H19FN4O2. The molecule has 1 amide bonds. The number of likely N-dealkylation sites (tertiary alicyclic amines) is 1. The van der Waals surface area contributed by atoms with Gasteiger partial charge in [0.1, 0.15) is 5.82 Å². The van der Waals surface area contributed by atoms with Crippen molar-refractivity contribution in [1.82, 2.24) is 19.5 Å². The average molecular weight is 354 g/mol. The van der Waals surface area contributed by atoms with Gasteiger partial charge in [0.05, 0.1) is 5.69 Å². The number of hydrogen-bond acceptors (Lipinski definition) is 3. The van der Waals surface area contributed by atoms with E-state index >= 15 is 0 Å². The van der Waals surface area contributed by atoms with Gasteiger partial charge in [0, 0.05) is 42.4 Å². The van der Waals surface area contributed by atoms with Crippen LogP contribution in [0.2, 0.25) is 0 Å². The Labute approximate surface area is 149 Å². The van der Waals surface area contributed by atoms with Gasteiger partial charge in [0.25, 0.3) is 11.5 Å². The third kappa shape index (κ3) is 3.00. The highest BCUT2D eigenvalue weighted by atomic mass is 19.1. The minimum Gasteiger partial charge on any atom is -0.339 e. The first-order valence-electron chi connectivity index (χ1n) is 8.65. The van der Waals surface area contributed by atoms with Crippen LogP contribution in [0.4, 0.5) is 4.39 Å². The lowest BCUT2D eigenvalue weighted by Gasteiger charge is -2.31. The van der Waals surface area contributed by atoms with Gasteiger partial charge in [0.2, 0.25) is 0 Å². The highest BCUT2D eigenvalue weighted by Crippen LogP contribution is 2.27. The first-order valence-corrected chi connectivity index (χ1v) is 8.65. The molecule has 3 aromatic rings. The van der Waals surface area contributed by atoms with Crippen molar-refractivity contribution in [2.24, 2.45) is 0 Å². The van der Waals surface area contributed by atoms with Crippen LogP contribution in [0.5, 0.6) is 0 Å². The molecule has 26 heavy (non-hydrogen) atoms. The number of fused-ring (bicyclic) bond motifs is 1. The van der Waals surface area contributed by atoms with E-state index in [1.54, 1.807) is 23.1 Å². The summed E-state index contributed by atoms with van der Waals surface area (Å²) < 4.78 is 14.8. The molecule has 3 heterocycles. The van der Waals surface area contributed by atoms with Crippen molar-refractivity contribution in [2.75, 3.05) is 13.1 Å². The largest absolute Gasteiger partial charge is 0.339 e. The van der Waals surface area contributed by atoms with Crippen molar-refractivity contribution in [3.05, 3.63) is 69.5 Å². The lowest BCUT2D eigenvalue weighted by atomic mass is 9.93. The van der Waals surface area contributed by atoms with Gasteiger partial charge in [-0.3, -0.25) is 14.7 Å². The highest BCUT2D eigenvalue weighted by Gasteiger charge is 2.26. The number of aryl methyl sites for hydroxylation is 1. The molecule has 7 heteroatoms. The zero-order chi connectivity index (χ0) is 18.3. The molecule has 4 rings (SSSR count). The monoisotopic (exact) mass is 354 g/mol. The Hall–Kier alpha value is -2.96. The Bertz CT molecular complexity index is 1030. The molecule has 2 aromatic heterocycles. The fraction of sp³-hybridized carbons (Fsp3) is 0.316. The van der Waals surface area contributed by atoms with Crippen molar-refractivity contribution in [3.8, 4) is 0 Å². The lowest BCUT2D eigenvalue weighted by Crippen LogP contribution is -2.38. The van der Waals surface area contributed by atoms with E-state index in [4.69, 9.17) is 0 Å². The molecule has 6 nitrogen and oxygen atoms in total. The van der Waals surface area contributed by atoms with E-state index in [1.807, 2.05) is 13.0 Å². The highest BCUT2D eigenvalue weighted by molar-refractivity contribution is 5.94. The smallest absolute Gasteiger partial charge is 0.272 e. The van der Waals surface area contributed by atoms with Crippen LogP contribution in [0.1, 0.15) is 40.5 Å². The molecular weight excluding hydrogens is 335 g/mol. The standard InChI is InChI=1S/C19H19FN4O2/c1-12-9-17-21-16(11-18(25)24(17)22-12)13-5-7-23(8-6-13)19(26)14-3-2-4-15(20)10-14/h2-4,9-11,13,22H,5-8H2,1H3. The Morgan fingerprint density at radius 2 is 2.00 bits per heavy atom. The second-order valence-electron chi connectivity index (χ2n) is 6.73. The van der Waals surface area contributed by atoms with Gasteiger partial charge in [-0.25, -0.2) is 13.9 Å². The summed E-state index contributed by atoms with van der Waals surface area (Å²) in [6.07, 6.45) is 1.46. The van der Waals surface area contributed by atoms with E-state index in [2.05, 4.69) is 10.1 Å². The zero-order valence-corrected chi connectivity index (χ0v) is 14.4. The molecule has 0 atom stereocenters. The summed E-state index contributed by atoms with van der Waals surface area (Å²) in [7, 11) is 0. The van der Waals surface area contributed by atoms with Gasteiger partial charge in [-0.15, -0.1) is 0 Å². The maximum atomic E-state index is 13.3. The summed E-state index contributed by atoms with van der Waals surface area (Å²) in [5.74, 6) is -0.433. The molecule has 0 aliphatic carbocycles. The summed E-state index contributed by atoms with van der Waals surface area (Å²) >= 11 is 0. The molecule has 1 N–H and O–H groups in total. The number of nitrogens with zero attached hydrogens (tertiary/aromatic N) is 3. The Morgan fingerprint density at radius 3 is 2.73 bits per heavy atom. The molecule has 0 spiro atoms. The molecule has 0 saturated carbocycles. The number of H-pyrrole nitrogens is 1. The number of nitrogens with one attached hydrogen (secondary N) is 1. The number of halogens is 1. The molecule has 0 radical (unpaired) electrons. The second-order valence-corrected chi connectivity index (χ2v) is 6.73. The number of aromatic amines is 1. The van der Waals surface area contributed by atoms with E-state index in [1.165, 1.54) is 16.6 Å². The van der Waals surface area contributed by atoms with Gasteiger partial charge in [0.15, 0.2) is 5.65 Å². The van der Waals surface area contributed by atoms with Crippen molar-refractivity contribution in [2.45, 2.75) is 25.7 Å². The van der Waals surface area contributed by atoms with Crippen molar-refractivity contribution in [3.63, 3.8) is 0 Å². The topological polar surface area (TPSA) is 70.5 Å². The van der Waals surface area contributed by atoms with Crippen LogP contribution in [0.15, 0.2) is 41.2 Å². The molecule has 1 aliphatic heterocycles. The van der Waals surface area contributed by atoms with E-state index in [9.17, 15) is 14.0 Å². The average Bonchev–Trinajstić information content (AvgIpc) is 3.02. The molecule has 1 fully saturated rings. The van der Waals surface area contributed by atoms with Gasteiger partial charge in [-0.05, 0) is 38.0 Å². The van der Waals surface area contributed by atoms with Gasteiger partial charge in [-0.1, -0.05) is 6.07 Å². The van der Waals surface area contributed by atoms with Crippen LogP contribution in [0.25, 0.3) is 5.65 Å². The number of benzene rings is 1. The van der Waals surface area contributed by atoms with Crippen molar-refractivity contribution in [1.29, 1.82) is 0 Å². The second kappa shape index (κ2) is 6.40. The number of rotatable bonds is 2. The molecule has 1 saturated heterocycles. The van der Waals surface area contributed by atoms with Gasteiger partial charge in [-0.2, -0.15) is 0 Å². The minimum atomic E-state index is -0.412. The van der Waals surface area contributed by atoms with E-state index < -0.39 is 5.82 Å². The third-order valence-corrected chi connectivity index (χ3v) is 4.87. The SMILES string of the molecule is Cc1cc2nc(C3CCN(C(=O)c4cccc(F)c4)CC3)cc(=O)n2[nH]1. The molecule has 0 unspecified atom stereocenters. The Morgan fingerprint density at radius 1 is 1.23 bits per heavy atom. The number of piperidine rings is 1. The number of hydrogen-bond donors (Lipinski definition) is 1. The predicted molar refractivity (Wildman–Crippen MR) is 94.8 cm³/mol. The van der Waals surface area contributed by atoms with Crippen LogP contribution in [-0.2, 0) is 0 Å². The summed E-state index contributed by atoms with van der Waals surface area (Å²) in [6, 6.07) is 9.17. The van der Waals surface area contributed by atoms with Crippen molar-refractivity contribution < 1.29 is 9.18 Å². The van der Waals surface area contributed by atoms with Crippen LogP contribution in [0, 0.1) is 12.7 Å². The summed E-state index contributed by atoms with van der Waals surface area (Å²) in [4.78, 5) is 31.1. The van der Waals surface area contributed by atoms with Gasteiger partial charge >= 0.3 is 0 Å². The zero-order valence-electron chi connectivity index (χ0n) is 14.4. The molecule has 0 bridgehead atoms. The van der Waals surface area contributed by atoms with Crippen molar-refractivity contribution >= 4 is 11.6 Å². The lowest BCUT2D eigenvalue weighted by molar-refractivity contribution is 0.0711. The number of aromatic nitrogens is 3. The molecule has 1 aliphatic rings. The maximum absolute atomic E-state index is 13.3. The number of carbonyl (C=O) groups excluding carboxylic acids is 1.